The Morgan fingerprint density at radius 3 is 2.55 bits per heavy atom. The highest BCUT2D eigenvalue weighted by molar-refractivity contribution is 6.32. The molecule has 3 rings (SSSR count). The fourth-order valence-electron chi connectivity index (χ4n) is 2.75. The largest absolute Gasteiger partial charge is 0.350 e. The van der Waals surface area contributed by atoms with Gasteiger partial charge in [-0.3, -0.25) is 9.59 Å². The molecule has 0 aliphatic carbocycles. The second kappa shape index (κ2) is 8.63. The minimum Gasteiger partial charge on any atom is -0.350 e. The molecule has 0 aliphatic rings. The molecule has 0 saturated carbocycles. The predicted octanol–water partition coefficient (Wildman–Crippen LogP) is 4.27. The molecule has 2 heterocycles. The normalized spacial score (nSPS) is 10.8. The van der Waals surface area contributed by atoms with Gasteiger partial charge in [-0.25, -0.2) is 9.67 Å². The number of para-hydroxylation sites is 1. The molecule has 0 aliphatic heterocycles. The van der Waals surface area contributed by atoms with Gasteiger partial charge in [0.05, 0.1) is 16.3 Å². The molecule has 9 heteroatoms. The molecule has 0 atom stereocenters. The summed E-state index contributed by atoms with van der Waals surface area (Å²) in [5.74, 6) is -0.508. The molecule has 0 unspecified atom stereocenters. The first-order valence-electron chi connectivity index (χ1n) is 8.86. The van der Waals surface area contributed by atoms with Gasteiger partial charge in [0.1, 0.15) is 5.69 Å². The van der Waals surface area contributed by atoms with Crippen molar-refractivity contribution in [1.82, 2.24) is 20.1 Å². The number of carbonyl (C=O) groups is 2. The summed E-state index contributed by atoms with van der Waals surface area (Å²) >= 11 is 12.2. The number of halogens is 2. The second-order valence-corrected chi connectivity index (χ2v) is 7.45. The van der Waals surface area contributed by atoms with Crippen LogP contribution in [0.1, 0.15) is 40.3 Å². The zero-order valence-corrected chi connectivity index (χ0v) is 17.5. The predicted molar refractivity (Wildman–Crippen MR) is 113 cm³/mol. The summed E-state index contributed by atoms with van der Waals surface area (Å²) in [5.41, 5.74) is 1.64. The minimum atomic E-state index is -0.501. The maximum absolute atomic E-state index is 13.0. The van der Waals surface area contributed by atoms with Crippen LogP contribution in [0.4, 0.5) is 5.69 Å². The maximum atomic E-state index is 13.0. The lowest BCUT2D eigenvalue weighted by Crippen LogP contribution is -2.31. The Bertz CT molecular complexity index is 1080. The van der Waals surface area contributed by atoms with Crippen LogP contribution in [0.3, 0.4) is 0 Å². The molecule has 1 aromatic carbocycles. The fourth-order valence-corrected chi connectivity index (χ4v) is 3.13. The highest BCUT2D eigenvalue weighted by atomic mass is 35.5. The number of aromatic nitrogens is 3. The van der Waals surface area contributed by atoms with Crippen molar-refractivity contribution in [3.05, 3.63) is 69.6 Å². The smallest absolute Gasteiger partial charge is 0.274 e. The van der Waals surface area contributed by atoms with E-state index < -0.39 is 5.91 Å². The summed E-state index contributed by atoms with van der Waals surface area (Å²) in [7, 11) is 0. The molecule has 2 N–H and O–H groups in total. The Morgan fingerprint density at radius 1 is 1.10 bits per heavy atom. The van der Waals surface area contributed by atoms with Crippen molar-refractivity contribution in [3.8, 4) is 5.82 Å². The zero-order valence-electron chi connectivity index (χ0n) is 16.0. The maximum Gasteiger partial charge on any atom is 0.274 e. The van der Waals surface area contributed by atoms with Gasteiger partial charge >= 0.3 is 0 Å². The molecule has 2 aromatic heterocycles. The van der Waals surface area contributed by atoms with Gasteiger partial charge < -0.3 is 10.6 Å². The number of aryl methyl sites for hydroxylation is 1. The van der Waals surface area contributed by atoms with Gasteiger partial charge in [-0.15, -0.1) is 0 Å². The van der Waals surface area contributed by atoms with Crippen molar-refractivity contribution in [2.75, 3.05) is 5.32 Å². The van der Waals surface area contributed by atoms with Crippen LogP contribution in [0, 0.1) is 6.92 Å². The third-order valence-corrected chi connectivity index (χ3v) is 4.51. The number of pyridine rings is 1. The molecule has 150 valence electrons. The standard InChI is InChI=1S/C20H19Cl2N5O2/c1-11(2)24-19(28)13-7-4-6-12(3)17(13)25-20(29)15-10-16(22)26-27(15)18-14(21)8-5-9-23-18/h4-11H,1-3H3,(H,24,28)(H,25,29). The number of anilines is 1. The number of hydrogen-bond donors (Lipinski definition) is 2. The van der Waals surface area contributed by atoms with Crippen LogP contribution in [-0.2, 0) is 0 Å². The molecule has 7 nitrogen and oxygen atoms in total. The first kappa shape index (κ1) is 20.8. The van der Waals surface area contributed by atoms with E-state index in [1.165, 1.54) is 16.9 Å². The van der Waals surface area contributed by atoms with E-state index in [1.54, 1.807) is 24.3 Å². The summed E-state index contributed by atoms with van der Waals surface area (Å²) in [4.78, 5) is 29.8. The summed E-state index contributed by atoms with van der Waals surface area (Å²) in [5, 5.41) is 10.2. The third-order valence-electron chi connectivity index (χ3n) is 4.03. The van der Waals surface area contributed by atoms with Crippen molar-refractivity contribution in [2.24, 2.45) is 0 Å². The quantitative estimate of drug-likeness (QED) is 0.630. The number of benzene rings is 1. The molecule has 0 fully saturated rings. The molecule has 0 bridgehead atoms. The molecule has 0 radical (unpaired) electrons. The zero-order chi connectivity index (χ0) is 21.1. The number of nitrogens with zero attached hydrogens (tertiary/aromatic N) is 3. The minimum absolute atomic E-state index is 0.0434. The monoisotopic (exact) mass is 431 g/mol. The topological polar surface area (TPSA) is 88.9 Å². The summed E-state index contributed by atoms with van der Waals surface area (Å²) in [6, 6.07) is 9.89. The van der Waals surface area contributed by atoms with Crippen molar-refractivity contribution in [2.45, 2.75) is 26.8 Å². The van der Waals surface area contributed by atoms with Crippen LogP contribution in [0.5, 0.6) is 0 Å². The Kier molecular flexibility index (Phi) is 6.20. The molecule has 3 aromatic rings. The first-order valence-corrected chi connectivity index (χ1v) is 9.61. The van der Waals surface area contributed by atoms with Gasteiger partial charge in [0.2, 0.25) is 0 Å². The lowest BCUT2D eigenvalue weighted by Gasteiger charge is -2.15. The summed E-state index contributed by atoms with van der Waals surface area (Å²) < 4.78 is 1.27. The number of hydrogen-bond acceptors (Lipinski definition) is 4. The van der Waals surface area contributed by atoms with Gasteiger partial charge in [-0.2, -0.15) is 5.10 Å². The highest BCUT2D eigenvalue weighted by Gasteiger charge is 2.22. The lowest BCUT2D eigenvalue weighted by molar-refractivity contribution is 0.0944. The van der Waals surface area contributed by atoms with E-state index >= 15 is 0 Å². The van der Waals surface area contributed by atoms with Gasteiger partial charge in [0.15, 0.2) is 11.0 Å². The summed E-state index contributed by atoms with van der Waals surface area (Å²) in [6.07, 6.45) is 1.54. The van der Waals surface area contributed by atoms with Gasteiger partial charge in [0.25, 0.3) is 11.8 Å². The van der Waals surface area contributed by atoms with E-state index in [2.05, 4.69) is 20.7 Å². The Hall–Kier alpha value is -2.90. The van der Waals surface area contributed by atoms with E-state index in [4.69, 9.17) is 23.2 Å². The van der Waals surface area contributed by atoms with E-state index in [1.807, 2.05) is 26.8 Å². The van der Waals surface area contributed by atoms with Crippen LogP contribution < -0.4 is 10.6 Å². The van der Waals surface area contributed by atoms with Gasteiger partial charge in [-0.05, 0) is 44.5 Å². The number of rotatable bonds is 5. The van der Waals surface area contributed by atoms with Gasteiger partial charge in [-0.1, -0.05) is 35.3 Å². The van der Waals surface area contributed by atoms with Crippen LogP contribution in [-0.4, -0.2) is 32.6 Å². The van der Waals surface area contributed by atoms with Crippen molar-refractivity contribution < 1.29 is 9.59 Å². The number of amides is 2. The summed E-state index contributed by atoms with van der Waals surface area (Å²) in [6.45, 7) is 5.54. The second-order valence-electron chi connectivity index (χ2n) is 6.65. The molecule has 0 saturated heterocycles. The first-order chi connectivity index (χ1) is 13.8. The van der Waals surface area contributed by atoms with E-state index in [9.17, 15) is 9.59 Å². The average molecular weight is 432 g/mol. The molecular formula is C20H19Cl2N5O2. The Labute approximate surface area is 178 Å². The van der Waals surface area contributed by atoms with Crippen LogP contribution in [0.2, 0.25) is 10.2 Å². The van der Waals surface area contributed by atoms with Gasteiger partial charge in [0, 0.05) is 18.3 Å². The van der Waals surface area contributed by atoms with E-state index in [0.717, 1.165) is 5.56 Å². The fraction of sp³-hybridized carbons (Fsp3) is 0.200. The third kappa shape index (κ3) is 4.58. The van der Waals surface area contributed by atoms with Crippen molar-refractivity contribution in [1.29, 1.82) is 0 Å². The van der Waals surface area contributed by atoms with Crippen molar-refractivity contribution >= 4 is 40.7 Å². The number of nitrogens with one attached hydrogen (secondary N) is 2. The van der Waals surface area contributed by atoms with Crippen molar-refractivity contribution in [3.63, 3.8) is 0 Å². The van der Waals surface area contributed by atoms with E-state index in [-0.39, 0.29) is 28.6 Å². The highest BCUT2D eigenvalue weighted by Crippen LogP contribution is 2.24. The Morgan fingerprint density at radius 2 is 1.86 bits per heavy atom. The average Bonchev–Trinajstić information content (AvgIpc) is 3.04. The van der Waals surface area contributed by atoms with Crippen LogP contribution >= 0.6 is 23.2 Å². The molecule has 0 spiro atoms. The van der Waals surface area contributed by atoms with Crippen LogP contribution in [0.15, 0.2) is 42.6 Å². The SMILES string of the molecule is Cc1cccc(C(=O)NC(C)C)c1NC(=O)c1cc(Cl)nn1-c1ncccc1Cl. The Balaban J connectivity index is 1.99. The number of carbonyl (C=O) groups excluding carboxylic acids is 2. The van der Waals surface area contributed by atoms with Crippen LogP contribution in [0.25, 0.3) is 5.82 Å². The molecule has 29 heavy (non-hydrogen) atoms. The molecule has 2 amide bonds. The molecular weight excluding hydrogens is 413 g/mol. The lowest BCUT2D eigenvalue weighted by atomic mass is 10.1. The van der Waals surface area contributed by atoms with E-state index in [0.29, 0.717) is 16.3 Å².